The van der Waals surface area contributed by atoms with Crippen molar-refractivity contribution >= 4 is 16.9 Å². The van der Waals surface area contributed by atoms with Gasteiger partial charge in [0.25, 0.3) is 0 Å². The summed E-state index contributed by atoms with van der Waals surface area (Å²) in [7, 11) is 0. The Morgan fingerprint density at radius 3 is 2.36 bits per heavy atom. The van der Waals surface area contributed by atoms with Crippen molar-refractivity contribution in [2.45, 2.75) is 12.5 Å². The Morgan fingerprint density at radius 1 is 0.909 bits per heavy atom. The first kappa shape index (κ1) is 14.1. The Balaban J connectivity index is 1.97. The van der Waals surface area contributed by atoms with Crippen LogP contribution in [0.25, 0.3) is 10.8 Å². The predicted octanol–water partition coefficient (Wildman–Crippen LogP) is 4.39. The van der Waals surface area contributed by atoms with Gasteiger partial charge >= 0.3 is 6.09 Å². The van der Waals surface area contributed by atoms with Crippen molar-refractivity contribution in [3.63, 3.8) is 0 Å². The minimum atomic E-state index is -1.01. The molecule has 0 heterocycles. The van der Waals surface area contributed by atoms with Crippen LogP contribution in [0.5, 0.6) is 0 Å². The summed E-state index contributed by atoms with van der Waals surface area (Å²) in [6.45, 7) is 0. The minimum absolute atomic E-state index is 0.260. The highest BCUT2D eigenvalue weighted by Crippen LogP contribution is 2.24. The molecule has 110 valence electrons. The van der Waals surface area contributed by atoms with Crippen LogP contribution in [-0.4, -0.2) is 11.2 Å². The molecule has 0 saturated carbocycles. The van der Waals surface area contributed by atoms with Gasteiger partial charge in [0, 0.05) is 0 Å². The van der Waals surface area contributed by atoms with E-state index in [4.69, 9.17) is 5.11 Å². The largest absolute Gasteiger partial charge is 0.465 e. The summed E-state index contributed by atoms with van der Waals surface area (Å²) in [6.07, 6.45) is -0.383. The summed E-state index contributed by atoms with van der Waals surface area (Å²) < 4.78 is 0. The van der Waals surface area contributed by atoms with Crippen molar-refractivity contribution < 1.29 is 9.90 Å². The molecular formula is C19H17NO2. The third-order valence-corrected chi connectivity index (χ3v) is 3.80. The van der Waals surface area contributed by atoms with Crippen LogP contribution in [0.2, 0.25) is 0 Å². The number of hydrogen-bond donors (Lipinski definition) is 2. The maximum absolute atomic E-state index is 11.1. The van der Waals surface area contributed by atoms with Crippen LogP contribution in [0, 0.1) is 0 Å². The lowest BCUT2D eigenvalue weighted by atomic mass is 9.95. The van der Waals surface area contributed by atoms with Gasteiger partial charge in [0.05, 0.1) is 6.04 Å². The lowest BCUT2D eigenvalue weighted by Crippen LogP contribution is -2.28. The molecule has 0 spiro atoms. The van der Waals surface area contributed by atoms with E-state index in [9.17, 15) is 4.79 Å². The smallest absolute Gasteiger partial charge is 0.405 e. The zero-order chi connectivity index (χ0) is 15.4. The number of fused-ring (bicyclic) bond motifs is 1. The van der Waals surface area contributed by atoms with E-state index in [1.807, 2.05) is 48.5 Å². The Hall–Kier alpha value is -2.81. The summed E-state index contributed by atoms with van der Waals surface area (Å²) >= 11 is 0. The van der Waals surface area contributed by atoms with Crippen molar-refractivity contribution in [2.24, 2.45) is 0 Å². The molecule has 3 rings (SSSR count). The Bertz CT molecular complexity index is 778. The van der Waals surface area contributed by atoms with Crippen molar-refractivity contribution in [3.05, 3.63) is 83.9 Å². The molecule has 3 aromatic rings. The molecule has 0 fully saturated rings. The first-order valence-corrected chi connectivity index (χ1v) is 7.25. The lowest BCUT2D eigenvalue weighted by Gasteiger charge is -2.18. The van der Waals surface area contributed by atoms with Gasteiger partial charge in [0.1, 0.15) is 0 Å². The van der Waals surface area contributed by atoms with Crippen molar-refractivity contribution in [1.29, 1.82) is 0 Å². The molecule has 3 nitrogen and oxygen atoms in total. The van der Waals surface area contributed by atoms with Gasteiger partial charge in [-0.15, -0.1) is 0 Å². The minimum Gasteiger partial charge on any atom is -0.465 e. The SMILES string of the molecule is O=C(O)NC(Cc1cccc2ccccc12)c1ccccc1. The van der Waals surface area contributed by atoms with Crippen LogP contribution in [0.4, 0.5) is 4.79 Å². The van der Waals surface area contributed by atoms with Gasteiger partial charge in [-0.2, -0.15) is 0 Å². The van der Waals surface area contributed by atoms with Crippen LogP contribution in [-0.2, 0) is 6.42 Å². The summed E-state index contributed by atoms with van der Waals surface area (Å²) in [4.78, 5) is 11.1. The second kappa shape index (κ2) is 6.31. The average molecular weight is 291 g/mol. The van der Waals surface area contributed by atoms with Gasteiger partial charge < -0.3 is 10.4 Å². The van der Waals surface area contributed by atoms with Gasteiger partial charge in [-0.05, 0) is 28.3 Å². The molecule has 0 saturated heterocycles. The molecule has 1 amide bonds. The topological polar surface area (TPSA) is 49.3 Å². The fraction of sp³-hybridized carbons (Fsp3) is 0.105. The van der Waals surface area contributed by atoms with Crippen molar-refractivity contribution in [1.82, 2.24) is 5.32 Å². The molecule has 0 aliphatic heterocycles. The Morgan fingerprint density at radius 2 is 1.59 bits per heavy atom. The molecule has 2 N–H and O–H groups in total. The molecule has 3 heteroatoms. The summed E-state index contributed by atoms with van der Waals surface area (Å²) in [5, 5.41) is 14.1. The van der Waals surface area contributed by atoms with Gasteiger partial charge in [0.15, 0.2) is 0 Å². The third-order valence-electron chi connectivity index (χ3n) is 3.80. The number of nitrogens with one attached hydrogen (secondary N) is 1. The predicted molar refractivity (Wildman–Crippen MR) is 88.0 cm³/mol. The van der Waals surface area contributed by atoms with Gasteiger partial charge in [-0.3, -0.25) is 0 Å². The molecule has 1 unspecified atom stereocenters. The molecule has 0 aliphatic rings. The number of benzene rings is 3. The Labute approximate surface area is 129 Å². The quantitative estimate of drug-likeness (QED) is 0.749. The highest BCUT2D eigenvalue weighted by atomic mass is 16.4. The fourth-order valence-corrected chi connectivity index (χ4v) is 2.78. The molecule has 3 aromatic carbocycles. The van der Waals surface area contributed by atoms with E-state index in [-0.39, 0.29) is 6.04 Å². The van der Waals surface area contributed by atoms with Gasteiger partial charge in [-0.1, -0.05) is 72.8 Å². The highest BCUT2D eigenvalue weighted by Gasteiger charge is 2.15. The number of carbonyl (C=O) groups is 1. The second-order valence-electron chi connectivity index (χ2n) is 5.26. The number of carboxylic acid groups (broad SMARTS) is 1. The third kappa shape index (κ3) is 3.09. The van der Waals surface area contributed by atoms with Crippen LogP contribution >= 0.6 is 0 Å². The van der Waals surface area contributed by atoms with E-state index in [2.05, 4.69) is 29.6 Å². The van der Waals surface area contributed by atoms with E-state index >= 15 is 0 Å². The van der Waals surface area contributed by atoms with E-state index in [0.717, 1.165) is 16.5 Å². The molecule has 0 radical (unpaired) electrons. The molecule has 0 aliphatic carbocycles. The highest BCUT2D eigenvalue weighted by molar-refractivity contribution is 5.85. The maximum Gasteiger partial charge on any atom is 0.405 e. The van der Waals surface area contributed by atoms with Crippen molar-refractivity contribution in [2.75, 3.05) is 0 Å². The number of amides is 1. The molecular weight excluding hydrogens is 274 g/mol. The molecule has 1 atom stereocenters. The normalized spacial score (nSPS) is 12.0. The summed E-state index contributed by atoms with van der Waals surface area (Å²) in [5.74, 6) is 0. The summed E-state index contributed by atoms with van der Waals surface area (Å²) in [5.41, 5.74) is 2.11. The zero-order valence-electron chi connectivity index (χ0n) is 12.1. The van der Waals surface area contributed by atoms with Crippen LogP contribution in [0.3, 0.4) is 0 Å². The van der Waals surface area contributed by atoms with Crippen LogP contribution < -0.4 is 5.32 Å². The lowest BCUT2D eigenvalue weighted by molar-refractivity contribution is 0.190. The molecule has 0 bridgehead atoms. The number of hydrogen-bond acceptors (Lipinski definition) is 1. The van der Waals surface area contributed by atoms with E-state index in [1.165, 1.54) is 5.39 Å². The van der Waals surface area contributed by atoms with Gasteiger partial charge in [0.2, 0.25) is 0 Å². The molecule has 22 heavy (non-hydrogen) atoms. The average Bonchev–Trinajstić information content (AvgIpc) is 2.55. The van der Waals surface area contributed by atoms with Crippen LogP contribution in [0.15, 0.2) is 72.8 Å². The Kier molecular flexibility index (Phi) is 4.05. The first-order valence-electron chi connectivity index (χ1n) is 7.25. The van der Waals surface area contributed by atoms with E-state index < -0.39 is 6.09 Å². The van der Waals surface area contributed by atoms with Crippen molar-refractivity contribution in [3.8, 4) is 0 Å². The zero-order valence-corrected chi connectivity index (χ0v) is 12.1. The number of rotatable bonds is 4. The maximum atomic E-state index is 11.1. The van der Waals surface area contributed by atoms with E-state index in [1.54, 1.807) is 0 Å². The monoisotopic (exact) mass is 291 g/mol. The first-order chi connectivity index (χ1) is 10.7. The van der Waals surface area contributed by atoms with Crippen LogP contribution in [0.1, 0.15) is 17.2 Å². The summed E-state index contributed by atoms with van der Waals surface area (Å²) in [6, 6.07) is 23.7. The second-order valence-corrected chi connectivity index (χ2v) is 5.26. The standard InChI is InChI=1S/C19H17NO2/c21-19(22)20-18(15-8-2-1-3-9-15)13-16-11-6-10-14-7-4-5-12-17(14)16/h1-12,18,20H,13H2,(H,21,22). The molecule has 0 aromatic heterocycles. The van der Waals surface area contributed by atoms with E-state index in [0.29, 0.717) is 6.42 Å². The fourth-order valence-electron chi connectivity index (χ4n) is 2.78. The van der Waals surface area contributed by atoms with Gasteiger partial charge in [-0.25, -0.2) is 4.79 Å².